The summed E-state index contributed by atoms with van der Waals surface area (Å²) in [5.41, 5.74) is 0.651. The Kier molecular flexibility index (Phi) is 7.47. The number of hydrogen-bond acceptors (Lipinski definition) is 8. The number of halogens is 3. The van der Waals surface area contributed by atoms with Crippen LogP contribution in [0.15, 0.2) is 53.1 Å². The maximum atomic E-state index is 13.3. The second kappa shape index (κ2) is 10.8. The summed E-state index contributed by atoms with van der Waals surface area (Å²) in [7, 11) is 0. The predicted molar refractivity (Wildman–Crippen MR) is 135 cm³/mol. The first kappa shape index (κ1) is 25.7. The molecule has 5 rings (SSSR count). The predicted octanol–water partition coefficient (Wildman–Crippen LogP) is 4.84. The second-order valence-electron chi connectivity index (χ2n) is 9.09. The van der Waals surface area contributed by atoms with E-state index in [4.69, 9.17) is 9.15 Å². The Labute approximate surface area is 216 Å². The number of hydrogen-bond donors (Lipinski definition) is 1. The minimum Gasteiger partial charge on any atom is -0.491 e. The van der Waals surface area contributed by atoms with Gasteiger partial charge in [-0.1, -0.05) is 12.1 Å². The van der Waals surface area contributed by atoms with Crippen molar-refractivity contribution in [2.75, 3.05) is 39.3 Å². The van der Waals surface area contributed by atoms with Gasteiger partial charge in [-0.15, -0.1) is 11.3 Å². The highest BCUT2D eigenvalue weighted by molar-refractivity contribution is 7.18. The minimum atomic E-state index is -4.48. The number of rotatable bonds is 8. The summed E-state index contributed by atoms with van der Waals surface area (Å²) in [4.78, 5) is 13.1. The molecule has 1 atom stereocenters. The molecule has 1 fully saturated rings. The van der Waals surface area contributed by atoms with Crippen LogP contribution in [0.3, 0.4) is 0 Å². The third kappa shape index (κ3) is 6.30. The van der Waals surface area contributed by atoms with E-state index in [2.05, 4.69) is 19.8 Å². The number of aryl methyl sites for hydroxylation is 1. The van der Waals surface area contributed by atoms with E-state index in [1.54, 1.807) is 11.3 Å². The van der Waals surface area contributed by atoms with Crippen molar-refractivity contribution in [3.05, 3.63) is 65.0 Å². The molecule has 1 N–H and O–H groups in total. The number of aliphatic hydroxyl groups excluding tert-OH is 1. The number of ether oxygens (including phenoxy) is 1. The summed E-state index contributed by atoms with van der Waals surface area (Å²) >= 11 is 1.63. The van der Waals surface area contributed by atoms with Crippen molar-refractivity contribution in [1.82, 2.24) is 19.8 Å². The molecule has 0 amide bonds. The van der Waals surface area contributed by atoms with E-state index in [1.165, 1.54) is 24.5 Å². The van der Waals surface area contributed by atoms with Crippen LogP contribution < -0.4 is 4.74 Å². The molecule has 11 heteroatoms. The van der Waals surface area contributed by atoms with Crippen LogP contribution in [0.25, 0.3) is 21.7 Å². The summed E-state index contributed by atoms with van der Waals surface area (Å²) in [6.45, 7) is 6.13. The van der Waals surface area contributed by atoms with Crippen molar-refractivity contribution in [3.8, 4) is 17.2 Å². The Morgan fingerprint density at radius 1 is 1.08 bits per heavy atom. The lowest BCUT2D eigenvalue weighted by Gasteiger charge is -2.35. The van der Waals surface area contributed by atoms with Crippen LogP contribution >= 0.6 is 11.3 Å². The summed E-state index contributed by atoms with van der Waals surface area (Å²) in [5.74, 6) is 0.653. The number of piperazine rings is 1. The standard InChI is InChI=1S/C26H27F3N4O3S/c1-17-30-23-12-20(6-7-24(23)37-17)35-16-19(34)14-33-10-8-32(9-11-33)13-18-15-36-25(31-18)21-4-2-3-5-22(21)26(27,28)29/h2-7,12,15,19,34H,8-11,13-14,16H2,1H3. The monoisotopic (exact) mass is 532 g/mol. The van der Waals surface area contributed by atoms with Crippen molar-refractivity contribution < 1.29 is 27.4 Å². The molecule has 1 aliphatic rings. The van der Waals surface area contributed by atoms with E-state index in [9.17, 15) is 18.3 Å². The van der Waals surface area contributed by atoms with E-state index in [0.29, 0.717) is 24.5 Å². The lowest BCUT2D eigenvalue weighted by Crippen LogP contribution is -2.48. The molecule has 7 nitrogen and oxygen atoms in total. The number of alkyl halides is 3. The number of nitrogens with zero attached hydrogens (tertiary/aromatic N) is 4. The number of β-amino-alcohol motifs (C(OH)–C–C–N with tert-alkyl or cyclic N) is 1. The zero-order valence-corrected chi connectivity index (χ0v) is 21.1. The Morgan fingerprint density at radius 3 is 2.62 bits per heavy atom. The van der Waals surface area contributed by atoms with Crippen molar-refractivity contribution in [2.45, 2.75) is 25.7 Å². The van der Waals surface area contributed by atoms with Crippen LogP contribution in [0.1, 0.15) is 16.3 Å². The van der Waals surface area contributed by atoms with Crippen LogP contribution in [0.5, 0.6) is 5.75 Å². The van der Waals surface area contributed by atoms with Crippen molar-refractivity contribution in [1.29, 1.82) is 0 Å². The minimum absolute atomic E-state index is 0.0336. The molecule has 4 aromatic rings. The summed E-state index contributed by atoms with van der Waals surface area (Å²) < 4.78 is 52.2. The van der Waals surface area contributed by atoms with Crippen LogP contribution in [0.4, 0.5) is 13.2 Å². The Bertz CT molecular complexity index is 1350. The highest BCUT2D eigenvalue weighted by Gasteiger charge is 2.34. The zero-order valence-electron chi connectivity index (χ0n) is 20.2. The zero-order chi connectivity index (χ0) is 26.0. The number of fused-ring (bicyclic) bond motifs is 1. The normalized spacial score (nSPS) is 16.4. The van der Waals surface area contributed by atoms with Gasteiger partial charge in [-0.25, -0.2) is 9.97 Å². The van der Waals surface area contributed by atoms with Crippen molar-refractivity contribution in [3.63, 3.8) is 0 Å². The van der Waals surface area contributed by atoms with Gasteiger partial charge >= 0.3 is 6.18 Å². The molecule has 37 heavy (non-hydrogen) atoms. The molecule has 1 aliphatic heterocycles. The first-order valence-electron chi connectivity index (χ1n) is 12.0. The van der Waals surface area contributed by atoms with Gasteiger partial charge in [0.15, 0.2) is 0 Å². The highest BCUT2D eigenvalue weighted by Crippen LogP contribution is 2.36. The highest BCUT2D eigenvalue weighted by atomic mass is 32.1. The molecular formula is C26H27F3N4O3S. The third-order valence-electron chi connectivity index (χ3n) is 6.24. The fourth-order valence-electron chi connectivity index (χ4n) is 4.43. The third-order valence-corrected chi connectivity index (χ3v) is 7.19. The van der Waals surface area contributed by atoms with Crippen molar-refractivity contribution in [2.24, 2.45) is 0 Å². The topological polar surface area (TPSA) is 74.9 Å². The van der Waals surface area contributed by atoms with Gasteiger partial charge in [-0.05, 0) is 31.2 Å². The van der Waals surface area contributed by atoms with Gasteiger partial charge in [0.2, 0.25) is 5.89 Å². The first-order valence-corrected chi connectivity index (χ1v) is 12.8. The second-order valence-corrected chi connectivity index (χ2v) is 10.3. The van der Waals surface area contributed by atoms with E-state index in [-0.39, 0.29) is 18.1 Å². The molecule has 2 aromatic heterocycles. The van der Waals surface area contributed by atoms with E-state index < -0.39 is 17.8 Å². The molecule has 0 radical (unpaired) electrons. The van der Waals surface area contributed by atoms with Crippen LogP contribution in [0, 0.1) is 6.92 Å². The molecule has 0 aliphatic carbocycles. The average Bonchev–Trinajstić information content (AvgIpc) is 3.48. The maximum Gasteiger partial charge on any atom is 0.417 e. The van der Waals surface area contributed by atoms with Gasteiger partial charge in [0.1, 0.15) is 24.7 Å². The summed E-state index contributed by atoms with van der Waals surface area (Å²) in [5, 5.41) is 11.5. The number of thiazole rings is 1. The van der Waals surface area contributed by atoms with Crippen LogP contribution in [-0.2, 0) is 12.7 Å². The van der Waals surface area contributed by atoms with E-state index in [1.807, 2.05) is 25.1 Å². The van der Waals surface area contributed by atoms with E-state index >= 15 is 0 Å². The molecule has 196 valence electrons. The maximum absolute atomic E-state index is 13.3. The van der Waals surface area contributed by atoms with Gasteiger partial charge in [-0.3, -0.25) is 9.80 Å². The van der Waals surface area contributed by atoms with Crippen LogP contribution in [-0.4, -0.2) is 70.3 Å². The molecule has 0 spiro atoms. The van der Waals surface area contributed by atoms with Gasteiger partial charge < -0.3 is 14.3 Å². The molecule has 1 saturated heterocycles. The summed E-state index contributed by atoms with van der Waals surface area (Å²) in [6, 6.07) is 11.0. The average molecular weight is 533 g/mol. The van der Waals surface area contributed by atoms with Gasteiger partial charge in [0.05, 0.1) is 26.5 Å². The lowest BCUT2D eigenvalue weighted by molar-refractivity contribution is -0.137. The van der Waals surface area contributed by atoms with Gasteiger partial charge in [0.25, 0.3) is 0 Å². The first-order chi connectivity index (χ1) is 17.7. The van der Waals surface area contributed by atoms with Crippen LogP contribution in [0.2, 0.25) is 0 Å². The Balaban J connectivity index is 1.08. The SMILES string of the molecule is Cc1nc2cc(OCC(O)CN3CCN(Cc4coc(-c5ccccc5C(F)(F)F)n4)CC3)ccc2s1. The summed E-state index contributed by atoms with van der Waals surface area (Å²) in [6.07, 6.45) is -3.70. The smallest absolute Gasteiger partial charge is 0.417 e. The Morgan fingerprint density at radius 2 is 1.84 bits per heavy atom. The van der Waals surface area contributed by atoms with Gasteiger partial charge in [-0.2, -0.15) is 13.2 Å². The number of aliphatic hydroxyl groups is 1. The molecule has 1 unspecified atom stereocenters. The quantitative estimate of drug-likeness (QED) is 0.348. The molecular weight excluding hydrogens is 505 g/mol. The van der Waals surface area contributed by atoms with Crippen molar-refractivity contribution >= 4 is 21.6 Å². The molecule has 3 heterocycles. The van der Waals surface area contributed by atoms with Gasteiger partial charge in [0, 0.05) is 50.9 Å². The fraction of sp³-hybridized carbons (Fsp3) is 0.385. The Hall–Kier alpha value is -2.99. The largest absolute Gasteiger partial charge is 0.491 e. The number of oxazole rings is 1. The molecule has 2 aromatic carbocycles. The number of aromatic nitrogens is 2. The lowest BCUT2D eigenvalue weighted by atomic mass is 10.1. The van der Waals surface area contributed by atoms with E-state index in [0.717, 1.165) is 47.5 Å². The number of benzene rings is 2. The molecule has 0 bridgehead atoms. The molecule has 0 saturated carbocycles. The fourth-order valence-corrected chi connectivity index (χ4v) is 5.24.